The van der Waals surface area contributed by atoms with Crippen molar-refractivity contribution < 1.29 is 4.79 Å². The number of carbonyl (C=O) groups excluding carboxylic acids is 1. The van der Waals surface area contributed by atoms with E-state index in [1.807, 2.05) is 85.4 Å². The van der Waals surface area contributed by atoms with Gasteiger partial charge in [-0.2, -0.15) is 0 Å². The van der Waals surface area contributed by atoms with Crippen LogP contribution in [0.15, 0.2) is 67.0 Å². The molecule has 0 atom stereocenters. The lowest BCUT2D eigenvalue weighted by molar-refractivity contribution is 0.102. The Morgan fingerprint density at radius 3 is 2.19 bits per heavy atom. The molecular formula is C21H23N5O. The highest BCUT2D eigenvalue weighted by atomic mass is 16.1. The van der Waals surface area contributed by atoms with Crippen molar-refractivity contribution in [3.63, 3.8) is 0 Å². The van der Waals surface area contributed by atoms with Crippen LogP contribution >= 0.6 is 0 Å². The monoisotopic (exact) mass is 361 g/mol. The van der Waals surface area contributed by atoms with E-state index in [1.165, 1.54) is 6.20 Å². The van der Waals surface area contributed by atoms with Crippen molar-refractivity contribution in [2.45, 2.75) is 6.92 Å². The molecule has 6 heteroatoms. The molecule has 2 aromatic carbocycles. The van der Waals surface area contributed by atoms with Crippen LogP contribution in [-0.2, 0) is 0 Å². The fraction of sp³-hybridized carbons (Fsp3) is 0.190. The second kappa shape index (κ2) is 8.31. The lowest BCUT2D eigenvalue weighted by Gasteiger charge is -2.21. The first-order chi connectivity index (χ1) is 13.1. The van der Waals surface area contributed by atoms with Gasteiger partial charge in [-0.15, -0.1) is 0 Å². The third-order valence-electron chi connectivity index (χ3n) is 4.17. The first-order valence-electron chi connectivity index (χ1n) is 8.82. The van der Waals surface area contributed by atoms with Crippen LogP contribution in [0.5, 0.6) is 0 Å². The van der Waals surface area contributed by atoms with Crippen LogP contribution in [0.2, 0.25) is 0 Å². The summed E-state index contributed by atoms with van der Waals surface area (Å²) in [4.78, 5) is 25.2. The number of rotatable bonds is 6. The van der Waals surface area contributed by atoms with Gasteiger partial charge in [-0.25, -0.2) is 9.97 Å². The van der Waals surface area contributed by atoms with Gasteiger partial charge in [0.2, 0.25) is 0 Å². The molecule has 138 valence electrons. The van der Waals surface area contributed by atoms with Crippen LogP contribution < -0.4 is 15.1 Å². The first-order valence-corrected chi connectivity index (χ1v) is 8.82. The van der Waals surface area contributed by atoms with Gasteiger partial charge < -0.3 is 15.1 Å². The Hall–Kier alpha value is -3.41. The predicted molar refractivity (Wildman–Crippen MR) is 110 cm³/mol. The standard InChI is InChI=1S/C21H23N5O/c1-4-26(18-8-6-5-7-9-18)20-15-22-19(14-23-20)21(27)24-16-10-12-17(13-11-16)25(2)3/h5-15H,4H2,1-3H3,(H,24,27). The number of hydrogen-bond donors (Lipinski definition) is 1. The van der Waals surface area contributed by atoms with Crippen molar-refractivity contribution in [3.05, 3.63) is 72.7 Å². The van der Waals surface area contributed by atoms with Gasteiger partial charge in [0.1, 0.15) is 5.69 Å². The maximum atomic E-state index is 12.4. The minimum atomic E-state index is -0.283. The Kier molecular flexibility index (Phi) is 5.66. The van der Waals surface area contributed by atoms with E-state index in [0.29, 0.717) is 5.82 Å². The number of carbonyl (C=O) groups is 1. The molecule has 27 heavy (non-hydrogen) atoms. The number of nitrogens with zero attached hydrogens (tertiary/aromatic N) is 4. The zero-order valence-electron chi connectivity index (χ0n) is 15.8. The Labute approximate surface area is 159 Å². The molecule has 0 saturated carbocycles. The van der Waals surface area contributed by atoms with Gasteiger partial charge in [0, 0.05) is 37.7 Å². The van der Waals surface area contributed by atoms with Crippen LogP contribution in [0.4, 0.5) is 22.9 Å². The predicted octanol–water partition coefficient (Wildman–Crippen LogP) is 3.95. The minimum absolute atomic E-state index is 0.277. The maximum Gasteiger partial charge on any atom is 0.275 e. The Bertz CT molecular complexity index is 877. The first kappa shape index (κ1) is 18.4. The van der Waals surface area contributed by atoms with Crippen molar-refractivity contribution >= 4 is 28.8 Å². The maximum absolute atomic E-state index is 12.4. The van der Waals surface area contributed by atoms with Crippen molar-refractivity contribution in [2.24, 2.45) is 0 Å². The van der Waals surface area contributed by atoms with Crippen molar-refractivity contribution in [1.29, 1.82) is 0 Å². The van der Waals surface area contributed by atoms with Crippen molar-refractivity contribution in [1.82, 2.24) is 9.97 Å². The second-order valence-electron chi connectivity index (χ2n) is 6.24. The molecule has 1 amide bonds. The van der Waals surface area contributed by atoms with E-state index in [-0.39, 0.29) is 11.6 Å². The van der Waals surface area contributed by atoms with Crippen LogP contribution in [0.1, 0.15) is 17.4 Å². The minimum Gasteiger partial charge on any atom is -0.378 e. The third-order valence-corrected chi connectivity index (χ3v) is 4.17. The Balaban J connectivity index is 1.71. The molecule has 1 heterocycles. The van der Waals surface area contributed by atoms with Crippen LogP contribution in [0, 0.1) is 0 Å². The average Bonchev–Trinajstić information content (AvgIpc) is 2.70. The van der Waals surface area contributed by atoms with E-state index >= 15 is 0 Å². The van der Waals surface area contributed by atoms with Gasteiger partial charge in [0.25, 0.3) is 5.91 Å². The number of amides is 1. The van der Waals surface area contributed by atoms with Gasteiger partial charge in [0.05, 0.1) is 12.4 Å². The van der Waals surface area contributed by atoms with Gasteiger partial charge in [-0.05, 0) is 43.3 Å². The van der Waals surface area contributed by atoms with Crippen LogP contribution in [0.25, 0.3) is 0 Å². The molecule has 1 aromatic heterocycles. The van der Waals surface area contributed by atoms with Crippen molar-refractivity contribution in [2.75, 3.05) is 35.8 Å². The van der Waals surface area contributed by atoms with E-state index in [4.69, 9.17) is 0 Å². The van der Waals surface area contributed by atoms with E-state index in [2.05, 4.69) is 15.3 Å². The summed E-state index contributed by atoms with van der Waals surface area (Å²) in [7, 11) is 3.94. The quantitative estimate of drug-likeness (QED) is 0.720. The van der Waals surface area contributed by atoms with E-state index in [0.717, 1.165) is 23.6 Å². The summed E-state index contributed by atoms with van der Waals surface area (Å²) >= 11 is 0. The number of nitrogens with one attached hydrogen (secondary N) is 1. The van der Waals surface area contributed by atoms with E-state index in [9.17, 15) is 4.79 Å². The highest BCUT2D eigenvalue weighted by molar-refractivity contribution is 6.02. The van der Waals surface area contributed by atoms with Gasteiger partial charge in [0.15, 0.2) is 5.82 Å². The highest BCUT2D eigenvalue weighted by Gasteiger charge is 2.12. The number of benzene rings is 2. The molecule has 1 N–H and O–H groups in total. The number of anilines is 4. The molecule has 0 fully saturated rings. The average molecular weight is 361 g/mol. The summed E-state index contributed by atoms with van der Waals surface area (Å²) in [5, 5.41) is 2.85. The highest BCUT2D eigenvalue weighted by Crippen LogP contribution is 2.22. The normalized spacial score (nSPS) is 10.3. The number of para-hydroxylation sites is 1. The molecule has 0 spiro atoms. The molecule has 0 bridgehead atoms. The van der Waals surface area contributed by atoms with Gasteiger partial charge in [-0.3, -0.25) is 4.79 Å². The van der Waals surface area contributed by atoms with E-state index in [1.54, 1.807) is 6.20 Å². The molecule has 0 saturated heterocycles. The molecule has 0 radical (unpaired) electrons. The zero-order chi connectivity index (χ0) is 19.2. The number of aromatic nitrogens is 2. The summed E-state index contributed by atoms with van der Waals surface area (Å²) in [5.74, 6) is 0.421. The van der Waals surface area contributed by atoms with E-state index < -0.39 is 0 Å². The SMILES string of the molecule is CCN(c1ccccc1)c1cnc(C(=O)Nc2ccc(N(C)C)cc2)cn1. The molecule has 3 rings (SSSR count). The van der Waals surface area contributed by atoms with Gasteiger partial charge in [-0.1, -0.05) is 18.2 Å². The largest absolute Gasteiger partial charge is 0.378 e. The summed E-state index contributed by atoms with van der Waals surface area (Å²) < 4.78 is 0. The van der Waals surface area contributed by atoms with Gasteiger partial charge >= 0.3 is 0 Å². The lowest BCUT2D eigenvalue weighted by atomic mass is 10.2. The second-order valence-corrected chi connectivity index (χ2v) is 6.24. The number of hydrogen-bond acceptors (Lipinski definition) is 5. The Morgan fingerprint density at radius 2 is 1.63 bits per heavy atom. The molecule has 0 aliphatic heterocycles. The molecular weight excluding hydrogens is 338 g/mol. The molecule has 3 aromatic rings. The summed E-state index contributed by atoms with van der Waals surface area (Å²) in [5.41, 5.74) is 3.10. The molecule has 6 nitrogen and oxygen atoms in total. The lowest BCUT2D eigenvalue weighted by Crippen LogP contribution is -2.19. The fourth-order valence-electron chi connectivity index (χ4n) is 2.70. The fourth-order valence-corrected chi connectivity index (χ4v) is 2.70. The molecule has 0 aliphatic rings. The van der Waals surface area contributed by atoms with Crippen LogP contribution in [-0.4, -0.2) is 36.5 Å². The summed E-state index contributed by atoms with van der Waals surface area (Å²) in [6.45, 7) is 2.80. The Morgan fingerprint density at radius 1 is 0.926 bits per heavy atom. The molecule has 0 aliphatic carbocycles. The summed E-state index contributed by atoms with van der Waals surface area (Å²) in [6, 6.07) is 17.6. The summed E-state index contributed by atoms with van der Waals surface area (Å²) in [6.07, 6.45) is 3.13. The molecule has 0 unspecified atom stereocenters. The smallest absolute Gasteiger partial charge is 0.275 e. The third kappa shape index (κ3) is 4.41. The van der Waals surface area contributed by atoms with Crippen LogP contribution in [0.3, 0.4) is 0 Å². The topological polar surface area (TPSA) is 61.4 Å². The zero-order valence-corrected chi connectivity index (χ0v) is 15.8. The van der Waals surface area contributed by atoms with Crippen molar-refractivity contribution in [3.8, 4) is 0 Å².